The first-order chi connectivity index (χ1) is 12.1. The van der Waals surface area contributed by atoms with Gasteiger partial charge in [0.05, 0.1) is 18.2 Å². The van der Waals surface area contributed by atoms with E-state index >= 15 is 0 Å². The molecular formula is C19H18N2O4. The zero-order chi connectivity index (χ0) is 18.1. The van der Waals surface area contributed by atoms with Crippen molar-refractivity contribution in [1.82, 2.24) is 5.32 Å². The molecule has 0 bridgehead atoms. The maximum absolute atomic E-state index is 11.9. The van der Waals surface area contributed by atoms with Crippen LogP contribution in [0.5, 0.6) is 0 Å². The maximum Gasteiger partial charge on any atom is 0.326 e. The van der Waals surface area contributed by atoms with Crippen LogP contribution in [0.1, 0.15) is 16.7 Å². The summed E-state index contributed by atoms with van der Waals surface area (Å²) in [4.78, 5) is 23.2. The number of nitrogens with zero attached hydrogens (tertiary/aromatic N) is 1. The summed E-state index contributed by atoms with van der Waals surface area (Å²) >= 11 is 0. The van der Waals surface area contributed by atoms with Crippen LogP contribution < -0.4 is 5.32 Å². The number of carbonyl (C=O) groups excluding carboxylic acids is 1. The monoisotopic (exact) mass is 338 g/mol. The van der Waals surface area contributed by atoms with Gasteiger partial charge in [0.2, 0.25) is 5.91 Å². The first kappa shape index (κ1) is 18.2. The Morgan fingerprint density at radius 1 is 1.08 bits per heavy atom. The molecule has 0 saturated carbocycles. The summed E-state index contributed by atoms with van der Waals surface area (Å²) in [6.45, 7) is 0.0632. The summed E-state index contributed by atoms with van der Waals surface area (Å²) in [7, 11) is 0. The molecule has 0 aromatic heterocycles. The number of ether oxygens (including phenoxy) is 1. The standard InChI is InChI=1S/C19H18N2O4/c20-11-15-8-6-14(7-9-15)10-17(19(23)24)21-18(22)13-25-12-16-4-2-1-3-5-16/h1-9,17H,10,12-13H2,(H,21,22)(H,23,24)/t17-/m0/s1. The molecule has 25 heavy (non-hydrogen) atoms. The predicted octanol–water partition coefficient (Wildman–Crippen LogP) is 1.89. The van der Waals surface area contributed by atoms with Crippen LogP contribution in [0.2, 0.25) is 0 Å². The van der Waals surface area contributed by atoms with Gasteiger partial charge in [0.25, 0.3) is 0 Å². The molecule has 2 rings (SSSR count). The van der Waals surface area contributed by atoms with Crippen LogP contribution in [0.15, 0.2) is 54.6 Å². The normalized spacial score (nSPS) is 11.3. The minimum atomic E-state index is -1.12. The number of hydrogen-bond donors (Lipinski definition) is 2. The number of carboxylic acid groups (broad SMARTS) is 1. The molecule has 1 amide bonds. The Morgan fingerprint density at radius 3 is 2.36 bits per heavy atom. The van der Waals surface area contributed by atoms with Crippen molar-refractivity contribution >= 4 is 11.9 Å². The first-order valence-electron chi connectivity index (χ1n) is 7.71. The summed E-state index contributed by atoms with van der Waals surface area (Å²) in [6, 6.07) is 16.9. The summed E-state index contributed by atoms with van der Waals surface area (Å²) in [6.07, 6.45) is 0.130. The van der Waals surface area contributed by atoms with Crippen LogP contribution >= 0.6 is 0 Å². The van der Waals surface area contributed by atoms with Crippen LogP contribution in [0.25, 0.3) is 0 Å². The number of hydrogen-bond acceptors (Lipinski definition) is 4. The van der Waals surface area contributed by atoms with E-state index in [1.165, 1.54) is 0 Å². The molecule has 2 aromatic rings. The fourth-order valence-electron chi connectivity index (χ4n) is 2.22. The number of aliphatic carboxylic acids is 1. The van der Waals surface area contributed by atoms with Gasteiger partial charge in [0, 0.05) is 6.42 Å². The molecule has 0 fully saturated rings. The van der Waals surface area contributed by atoms with Crippen LogP contribution in [0.4, 0.5) is 0 Å². The van der Waals surface area contributed by atoms with Gasteiger partial charge in [-0.25, -0.2) is 4.79 Å². The number of nitrogens with one attached hydrogen (secondary N) is 1. The third-order valence-corrected chi connectivity index (χ3v) is 3.50. The van der Waals surface area contributed by atoms with E-state index < -0.39 is 17.9 Å². The highest BCUT2D eigenvalue weighted by Gasteiger charge is 2.20. The summed E-state index contributed by atoms with van der Waals surface area (Å²) in [5.41, 5.74) is 2.15. The molecule has 0 heterocycles. The average molecular weight is 338 g/mol. The van der Waals surface area contributed by atoms with E-state index in [0.717, 1.165) is 11.1 Å². The van der Waals surface area contributed by atoms with Gasteiger partial charge in [-0.15, -0.1) is 0 Å². The Morgan fingerprint density at radius 2 is 1.76 bits per heavy atom. The fraction of sp³-hybridized carbons (Fsp3) is 0.211. The lowest BCUT2D eigenvalue weighted by Gasteiger charge is -2.15. The molecule has 1 atom stereocenters. The summed E-state index contributed by atoms with van der Waals surface area (Å²) in [5.74, 6) is -1.61. The topological polar surface area (TPSA) is 99.4 Å². The molecular weight excluding hydrogens is 320 g/mol. The lowest BCUT2D eigenvalue weighted by Crippen LogP contribution is -2.43. The van der Waals surface area contributed by atoms with Crippen LogP contribution in [0.3, 0.4) is 0 Å². The Balaban J connectivity index is 1.84. The van der Waals surface area contributed by atoms with Crippen molar-refractivity contribution in [3.8, 4) is 6.07 Å². The maximum atomic E-state index is 11.9. The number of benzene rings is 2. The van der Waals surface area contributed by atoms with Crippen molar-refractivity contribution in [2.75, 3.05) is 6.61 Å². The van der Waals surface area contributed by atoms with Gasteiger partial charge >= 0.3 is 5.97 Å². The average Bonchev–Trinajstić information content (AvgIpc) is 2.62. The minimum absolute atomic E-state index is 0.130. The third kappa shape index (κ3) is 6.09. The summed E-state index contributed by atoms with van der Waals surface area (Å²) in [5, 5.41) is 20.5. The second-order valence-electron chi connectivity index (χ2n) is 5.45. The van der Waals surface area contributed by atoms with Crippen molar-refractivity contribution in [2.24, 2.45) is 0 Å². The molecule has 0 unspecified atom stereocenters. The van der Waals surface area contributed by atoms with Crippen molar-refractivity contribution in [1.29, 1.82) is 5.26 Å². The predicted molar refractivity (Wildman–Crippen MR) is 90.5 cm³/mol. The quantitative estimate of drug-likeness (QED) is 0.766. The SMILES string of the molecule is N#Cc1ccc(C[C@H](NC(=O)COCc2ccccc2)C(=O)O)cc1. The van der Waals surface area contributed by atoms with Gasteiger partial charge in [-0.05, 0) is 23.3 Å². The zero-order valence-electron chi connectivity index (χ0n) is 13.5. The van der Waals surface area contributed by atoms with E-state index in [0.29, 0.717) is 5.56 Å². The molecule has 0 saturated heterocycles. The highest BCUT2D eigenvalue weighted by molar-refractivity contribution is 5.84. The van der Waals surface area contributed by atoms with E-state index in [9.17, 15) is 14.7 Å². The molecule has 2 N–H and O–H groups in total. The van der Waals surface area contributed by atoms with Crippen LogP contribution in [-0.2, 0) is 27.4 Å². The number of carboxylic acids is 1. The number of rotatable bonds is 8. The molecule has 0 aliphatic carbocycles. The smallest absolute Gasteiger partial charge is 0.326 e. The lowest BCUT2D eigenvalue weighted by atomic mass is 10.0. The van der Waals surface area contributed by atoms with Gasteiger partial charge in [0.15, 0.2) is 0 Å². The Kier molecular flexibility index (Phi) is 6.69. The Hall–Kier alpha value is -3.17. The highest BCUT2D eigenvalue weighted by Crippen LogP contribution is 2.07. The van der Waals surface area contributed by atoms with E-state index in [-0.39, 0.29) is 19.6 Å². The van der Waals surface area contributed by atoms with Crippen LogP contribution in [0, 0.1) is 11.3 Å². The number of carbonyl (C=O) groups is 2. The molecule has 128 valence electrons. The van der Waals surface area contributed by atoms with Gasteiger partial charge in [0.1, 0.15) is 12.6 Å². The van der Waals surface area contributed by atoms with Crippen molar-refractivity contribution < 1.29 is 19.4 Å². The molecule has 0 spiro atoms. The van der Waals surface area contributed by atoms with E-state index in [1.54, 1.807) is 24.3 Å². The minimum Gasteiger partial charge on any atom is -0.480 e. The number of nitriles is 1. The van der Waals surface area contributed by atoms with E-state index in [1.807, 2.05) is 36.4 Å². The lowest BCUT2D eigenvalue weighted by molar-refractivity contribution is -0.142. The van der Waals surface area contributed by atoms with Gasteiger partial charge in [-0.3, -0.25) is 4.79 Å². The van der Waals surface area contributed by atoms with Crippen LogP contribution in [-0.4, -0.2) is 29.6 Å². The molecule has 2 aromatic carbocycles. The number of amides is 1. The second kappa shape index (κ2) is 9.21. The van der Waals surface area contributed by atoms with Gasteiger partial charge in [-0.1, -0.05) is 42.5 Å². The van der Waals surface area contributed by atoms with Gasteiger partial charge in [-0.2, -0.15) is 5.26 Å². The Labute approximate surface area is 145 Å². The molecule has 0 radical (unpaired) electrons. The van der Waals surface area contributed by atoms with Gasteiger partial charge < -0.3 is 15.2 Å². The largest absolute Gasteiger partial charge is 0.480 e. The third-order valence-electron chi connectivity index (χ3n) is 3.50. The zero-order valence-corrected chi connectivity index (χ0v) is 13.5. The molecule has 6 nitrogen and oxygen atoms in total. The molecule has 0 aliphatic heterocycles. The second-order valence-corrected chi connectivity index (χ2v) is 5.45. The van der Waals surface area contributed by atoms with E-state index in [2.05, 4.69) is 5.32 Å². The molecule has 0 aliphatic rings. The molecule has 6 heteroatoms. The highest BCUT2D eigenvalue weighted by atomic mass is 16.5. The first-order valence-corrected chi connectivity index (χ1v) is 7.71. The van der Waals surface area contributed by atoms with Crippen molar-refractivity contribution in [3.63, 3.8) is 0 Å². The van der Waals surface area contributed by atoms with E-state index in [4.69, 9.17) is 10.00 Å². The Bertz CT molecular complexity index is 751. The summed E-state index contributed by atoms with van der Waals surface area (Å²) < 4.78 is 5.30. The van der Waals surface area contributed by atoms with Crippen molar-refractivity contribution in [3.05, 3.63) is 71.3 Å². The fourth-order valence-corrected chi connectivity index (χ4v) is 2.22. The van der Waals surface area contributed by atoms with Crippen molar-refractivity contribution in [2.45, 2.75) is 19.1 Å².